The van der Waals surface area contributed by atoms with E-state index in [-0.39, 0.29) is 0 Å². The second-order valence-corrected chi connectivity index (χ2v) is 4.35. The Labute approximate surface area is 108 Å². The Hall–Kier alpha value is -1.81. The third-order valence-corrected chi connectivity index (χ3v) is 2.87. The molecule has 18 heavy (non-hydrogen) atoms. The zero-order valence-electron chi connectivity index (χ0n) is 9.60. The predicted molar refractivity (Wildman–Crippen MR) is 70.2 cm³/mol. The van der Waals surface area contributed by atoms with Crippen LogP contribution in [0.1, 0.15) is 5.56 Å². The maximum Gasteiger partial charge on any atom is 0.160 e. The van der Waals surface area contributed by atoms with Gasteiger partial charge >= 0.3 is 0 Å². The van der Waals surface area contributed by atoms with Gasteiger partial charge in [0.1, 0.15) is 0 Å². The van der Waals surface area contributed by atoms with Gasteiger partial charge in [0.2, 0.25) is 0 Å². The highest BCUT2D eigenvalue weighted by Crippen LogP contribution is 2.29. The van der Waals surface area contributed by atoms with Crippen LogP contribution in [0.2, 0.25) is 5.02 Å². The number of anilines is 3. The van der Waals surface area contributed by atoms with E-state index in [9.17, 15) is 8.78 Å². The van der Waals surface area contributed by atoms with Crippen molar-refractivity contribution in [2.75, 3.05) is 11.1 Å². The molecule has 2 rings (SSSR count). The minimum Gasteiger partial charge on any atom is -0.398 e. The molecule has 0 radical (unpaired) electrons. The normalized spacial score (nSPS) is 10.4. The SMILES string of the molecule is Cc1cc(N)c(Cl)cc1Nc1ccc(F)c(F)c1. The first kappa shape index (κ1) is 12.6. The molecule has 2 nitrogen and oxygen atoms in total. The van der Waals surface area contributed by atoms with Crippen molar-refractivity contribution in [1.82, 2.24) is 0 Å². The Kier molecular flexibility index (Phi) is 3.39. The Morgan fingerprint density at radius 2 is 1.83 bits per heavy atom. The zero-order chi connectivity index (χ0) is 13.3. The molecule has 0 aliphatic heterocycles. The van der Waals surface area contributed by atoms with Crippen molar-refractivity contribution in [1.29, 1.82) is 0 Å². The first-order valence-electron chi connectivity index (χ1n) is 5.25. The van der Waals surface area contributed by atoms with Gasteiger partial charge in [-0.1, -0.05) is 11.6 Å². The van der Waals surface area contributed by atoms with Crippen molar-refractivity contribution in [3.8, 4) is 0 Å². The van der Waals surface area contributed by atoms with E-state index < -0.39 is 11.6 Å². The number of nitrogen functional groups attached to an aromatic ring is 1. The fraction of sp³-hybridized carbons (Fsp3) is 0.0769. The van der Waals surface area contributed by atoms with Gasteiger partial charge < -0.3 is 11.1 Å². The number of rotatable bonds is 2. The van der Waals surface area contributed by atoms with Crippen LogP contribution >= 0.6 is 11.6 Å². The quantitative estimate of drug-likeness (QED) is 0.799. The number of nitrogens with two attached hydrogens (primary N) is 1. The highest BCUT2D eigenvalue weighted by molar-refractivity contribution is 6.33. The summed E-state index contributed by atoms with van der Waals surface area (Å²) in [5, 5.41) is 3.37. The summed E-state index contributed by atoms with van der Waals surface area (Å²) < 4.78 is 25.9. The van der Waals surface area contributed by atoms with Gasteiger partial charge in [-0.05, 0) is 36.8 Å². The number of benzene rings is 2. The van der Waals surface area contributed by atoms with Gasteiger partial charge in [-0.25, -0.2) is 8.78 Å². The third kappa shape index (κ3) is 2.54. The van der Waals surface area contributed by atoms with Crippen LogP contribution in [-0.2, 0) is 0 Å². The van der Waals surface area contributed by atoms with Crippen LogP contribution in [0.3, 0.4) is 0 Å². The van der Waals surface area contributed by atoms with Crippen LogP contribution in [0.5, 0.6) is 0 Å². The number of nitrogens with one attached hydrogen (secondary N) is 1. The summed E-state index contributed by atoms with van der Waals surface area (Å²) in [6.07, 6.45) is 0. The van der Waals surface area contributed by atoms with Crippen molar-refractivity contribution in [3.63, 3.8) is 0 Å². The Morgan fingerprint density at radius 1 is 1.11 bits per heavy atom. The zero-order valence-corrected chi connectivity index (χ0v) is 10.4. The molecule has 0 heterocycles. The van der Waals surface area contributed by atoms with Crippen molar-refractivity contribution in [2.24, 2.45) is 0 Å². The van der Waals surface area contributed by atoms with E-state index in [0.717, 1.165) is 17.7 Å². The molecule has 2 aromatic rings. The highest BCUT2D eigenvalue weighted by atomic mass is 35.5. The second kappa shape index (κ2) is 4.82. The minimum atomic E-state index is -0.904. The van der Waals surface area contributed by atoms with E-state index in [2.05, 4.69) is 5.32 Å². The van der Waals surface area contributed by atoms with E-state index in [1.54, 1.807) is 12.1 Å². The highest BCUT2D eigenvalue weighted by Gasteiger charge is 2.06. The fourth-order valence-corrected chi connectivity index (χ4v) is 1.73. The molecular weight excluding hydrogens is 258 g/mol. The fourth-order valence-electron chi connectivity index (χ4n) is 1.57. The molecule has 0 fully saturated rings. The van der Waals surface area contributed by atoms with Gasteiger partial charge in [0.15, 0.2) is 11.6 Å². The molecule has 0 aliphatic carbocycles. The topological polar surface area (TPSA) is 38.0 Å². The van der Waals surface area contributed by atoms with Gasteiger partial charge in [0, 0.05) is 17.4 Å². The van der Waals surface area contributed by atoms with Crippen molar-refractivity contribution in [2.45, 2.75) is 6.92 Å². The van der Waals surface area contributed by atoms with Crippen molar-refractivity contribution >= 4 is 28.7 Å². The van der Waals surface area contributed by atoms with Gasteiger partial charge in [-0.2, -0.15) is 0 Å². The van der Waals surface area contributed by atoms with E-state index in [1.807, 2.05) is 6.92 Å². The van der Waals surface area contributed by atoms with E-state index >= 15 is 0 Å². The van der Waals surface area contributed by atoms with Crippen LogP contribution < -0.4 is 11.1 Å². The molecule has 0 aliphatic rings. The summed E-state index contributed by atoms with van der Waals surface area (Å²) in [4.78, 5) is 0. The smallest absolute Gasteiger partial charge is 0.160 e. The van der Waals surface area contributed by atoms with E-state index in [4.69, 9.17) is 17.3 Å². The van der Waals surface area contributed by atoms with Crippen LogP contribution in [0.25, 0.3) is 0 Å². The lowest BCUT2D eigenvalue weighted by Crippen LogP contribution is -1.97. The average Bonchev–Trinajstić information content (AvgIpc) is 2.31. The molecule has 0 saturated carbocycles. The number of hydrogen-bond acceptors (Lipinski definition) is 2. The standard InChI is InChI=1S/C13H11ClF2N2/c1-7-4-12(17)9(14)6-13(7)18-8-2-3-10(15)11(16)5-8/h2-6,18H,17H2,1H3. The monoisotopic (exact) mass is 268 g/mol. The summed E-state index contributed by atoms with van der Waals surface area (Å²) in [5.41, 5.74) is 8.13. The third-order valence-electron chi connectivity index (χ3n) is 2.54. The summed E-state index contributed by atoms with van der Waals surface area (Å²) in [5.74, 6) is -1.79. The molecule has 3 N–H and O–H groups in total. The van der Waals surface area contributed by atoms with Crippen LogP contribution in [0.4, 0.5) is 25.8 Å². The molecular formula is C13H11ClF2N2. The van der Waals surface area contributed by atoms with E-state index in [0.29, 0.717) is 22.1 Å². The maximum atomic E-state index is 13.1. The van der Waals surface area contributed by atoms with Gasteiger partial charge in [0.25, 0.3) is 0 Å². The summed E-state index contributed by atoms with van der Waals surface area (Å²) in [7, 11) is 0. The lowest BCUT2D eigenvalue weighted by Gasteiger charge is -2.11. The molecule has 5 heteroatoms. The van der Waals surface area contributed by atoms with Gasteiger partial charge in [-0.15, -0.1) is 0 Å². The lowest BCUT2D eigenvalue weighted by molar-refractivity contribution is 0.509. The van der Waals surface area contributed by atoms with Crippen LogP contribution in [0.15, 0.2) is 30.3 Å². The van der Waals surface area contributed by atoms with Gasteiger partial charge in [0.05, 0.1) is 10.7 Å². The maximum absolute atomic E-state index is 13.1. The first-order valence-corrected chi connectivity index (χ1v) is 5.63. The molecule has 0 amide bonds. The number of aryl methyl sites for hydroxylation is 1. The summed E-state index contributed by atoms with van der Waals surface area (Å²) >= 11 is 5.91. The molecule has 0 bridgehead atoms. The molecule has 94 valence electrons. The van der Waals surface area contributed by atoms with Crippen molar-refractivity contribution < 1.29 is 8.78 Å². The molecule has 0 saturated heterocycles. The van der Waals surface area contributed by atoms with E-state index in [1.165, 1.54) is 6.07 Å². The van der Waals surface area contributed by atoms with Crippen LogP contribution in [0, 0.1) is 18.6 Å². The Bertz CT molecular complexity index is 600. The predicted octanol–water partition coefficient (Wildman–Crippen LogP) is 4.25. The molecule has 2 aromatic carbocycles. The first-order chi connectivity index (χ1) is 8.47. The van der Waals surface area contributed by atoms with Gasteiger partial charge in [-0.3, -0.25) is 0 Å². The number of hydrogen-bond donors (Lipinski definition) is 2. The lowest BCUT2D eigenvalue weighted by atomic mass is 10.1. The number of halogens is 3. The molecule has 0 spiro atoms. The Balaban J connectivity index is 2.34. The molecule has 0 aromatic heterocycles. The average molecular weight is 269 g/mol. The van der Waals surface area contributed by atoms with Crippen molar-refractivity contribution in [3.05, 3.63) is 52.6 Å². The molecule has 0 unspecified atom stereocenters. The Morgan fingerprint density at radius 3 is 2.50 bits per heavy atom. The molecule has 0 atom stereocenters. The minimum absolute atomic E-state index is 0.408. The van der Waals surface area contributed by atoms with Crippen LogP contribution in [-0.4, -0.2) is 0 Å². The largest absolute Gasteiger partial charge is 0.398 e. The summed E-state index contributed by atoms with van der Waals surface area (Å²) in [6.45, 7) is 1.84. The second-order valence-electron chi connectivity index (χ2n) is 3.94. The summed E-state index contributed by atoms with van der Waals surface area (Å²) in [6, 6.07) is 6.95.